The number of hydrogen-bond donors (Lipinski definition) is 0. The molecule has 16 heavy (non-hydrogen) atoms. The molecule has 2 fully saturated rings. The van der Waals surface area contributed by atoms with Gasteiger partial charge in [0.15, 0.2) is 0 Å². The summed E-state index contributed by atoms with van der Waals surface area (Å²) < 4.78 is 3.20. The Morgan fingerprint density at radius 2 is 2.25 bits per heavy atom. The maximum Gasteiger partial charge on any atom is 0.410 e. The zero-order valence-corrected chi connectivity index (χ0v) is 11.1. The van der Waals surface area contributed by atoms with Crippen LogP contribution in [0, 0.1) is 0 Å². The number of carbonyl (C=O) groups is 2. The molecule has 0 aliphatic carbocycles. The van der Waals surface area contributed by atoms with Crippen molar-refractivity contribution in [1.29, 1.82) is 0 Å². The highest BCUT2D eigenvalue weighted by Crippen LogP contribution is 2.39. The van der Waals surface area contributed by atoms with Gasteiger partial charge < -0.3 is 4.74 Å². The summed E-state index contributed by atoms with van der Waals surface area (Å²) in [6.45, 7) is 0.214. The number of carbonyl (C=O) groups excluding carboxylic acids is 2. The molecular formula is C8H8Cl3NO3S. The summed E-state index contributed by atoms with van der Waals surface area (Å²) in [6.07, 6.45) is 0.110. The van der Waals surface area contributed by atoms with E-state index in [9.17, 15) is 9.59 Å². The second-order valence-corrected chi connectivity index (χ2v) is 7.45. The minimum Gasteiger partial charge on any atom is -0.445 e. The fourth-order valence-corrected chi connectivity index (χ4v) is 3.16. The standard InChI is InChI=1S/C8H8Cl3NO3S/c9-8(10,11)3-15-7(14)12-2-4-1-5(12)6(13)16-4/h4-5H,1-3H2/t4-,5-/m0/s1. The van der Waals surface area contributed by atoms with E-state index in [2.05, 4.69) is 0 Å². The Kier molecular flexibility index (Phi) is 3.50. The van der Waals surface area contributed by atoms with Crippen LogP contribution in [0.5, 0.6) is 0 Å². The van der Waals surface area contributed by atoms with Gasteiger partial charge in [-0.1, -0.05) is 46.6 Å². The Hall–Kier alpha value is 0.160. The van der Waals surface area contributed by atoms with Crippen molar-refractivity contribution in [2.45, 2.75) is 21.5 Å². The molecule has 2 rings (SSSR count). The molecule has 1 amide bonds. The van der Waals surface area contributed by atoms with Crippen molar-refractivity contribution in [2.24, 2.45) is 0 Å². The molecule has 4 nitrogen and oxygen atoms in total. The minimum atomic E-state index is -1.62. The Bertz CT molecular complexity index is 333. The van der Waals surface area contributed by atoms with Crippen LogP contribution >= 0.6 is 46.6 Å². The molecular weight excluding hydrogens is 297 g/mol. The summed E-state index contributed by atoms with van der Waals surface area (Å²) in [6, 6.07) is -0.363. The van der Waals surface area contributed by atoms with Gasteiger partial charge in [0.25, 0.3) is 0 Å². The predicted octanol–water partition coefficient (Wildman–Crippen LogP) is 2.21. The lowest BCUT2D eigenvalue weighted by Crippen LogP contribution is -2.42. The second-order valence-electron chi connectivity index (χ2n) is 3.63. The number of thioether (sulfide) groups is 1. The lowest BCUT2D eigenvalue weighted by atomic mass is 10.2. The van der Waals surface area contributed by atoms with Crippen molar-refractivity contribution in [1.82, 2.24) is 4.90 Å². The van der Waals surface area contributed by atoms with E-state index in [1.54, 1.807) is 0 Å². The molecule has 0 aromatic carbocycles. The largest absolute Gasteiger partial charge is 0.445 e. The van der Waals surface area contributed by atoms with Crippen LogP contribution < -0.4 is 0 Å². The Balaban J connectivity index is 1.89. The number of fused-ring (bicyclic) bond motifs is 2. The molecule has 8 heteroatoms. The molecule has 2 bridgehead atoms. The van der Waals surface area contributed by atoms with Gasteiger partial charge in [0.2, 0.25) is 8.91 Å². The molecule has 0 aromatic rings. The molecule has 0 radical (unpaired) electrons. The van der Waals surface area contributed by atoms with Crippen LogP contribution in [0.4, 0.5) is 4.79 Å². The highest BCUT2D eigenvalue weighted by molar-refractivity contribution is 8.14. The molecule has 90 valence electrons. The Morgan fingerprint density at radius 1 is 1.56 bits per heavy atom. The van der Waals surface area contributed by atoms with Gasteiger partial charge in [-0.05, 0) is 6.42 Å². The van der Waals surface area contributed by atoms with Gasteiger partial charge in [0.05, 0.1) is 0 Å². The van der Waals surface area contributed by atoms with Crippen LogP contribution in [-0.2, 0) is 9.53 Å². The van der Waals surface area contributed by atoms with Gasteiger partial charge in [-0.25, -0.2) is 4.79 Å². The smallest absolute Gasteiger partial charge is 0.410 e. The first kappa shape index (κ1) is 12.6. The zero-order chi connectivity index (χ0) is 11.9. The van der Waals surface area contributed by atoms with Crippen molar-refractivity contribution in [3.05, 3.63) is 0 Å². The fourth-order valence-electron chi connectivity index (χ4n) is 1.78. The van der Waals surface area contributed by atoms with E-state index in [1.165, 1.54) is 16.7 Å². The summed E-state index contributed by atoms with van der Waals surface area (Å²) in [4.78, 5) is 24.4. The number of halogens is 3. The summed E-state index contributed by atoms with van der Waals surface area (Å²) >= 11 is 17.7. The lowest BCUT2D eigenvalue weighted by molar-refractivity contribution is -0.114. The van der Waals surface area contributed by atoms with Gasteiger partial charge in [-0.15, -0.1) is 0 Å². The molecule has 2 aliphatic rings. The van der Waals surface area contributed by atoms with Crippen LogP contribution in [0.1, 0.15) is 6.42 Å². The summed E-state index contributed by atoms with van der Waals surface area (Å²) in [5, 5.41) is 0.208. The molecule has 2 heterocycles. The van der Waals surface area contributed by atoms with E-state index < -0.39 is 9.89 Å². The first-order chi connectivity index (χ1) is 7.37. The molecule has 2 aliphatic heterocycles. The number of amides is 1. The molecule has 2 saturated heterocycles. The van der Waals surface area contributed by atoms with Crippen molar-refractivity contribution in [3.8, 4) is 0 Å². The van der Waals surface area contributed by atoms with Gasteiger partial charge in [0.1, 0.15) is 12.6 Å². The fraction of sp³-hybridized carbons (Fsp3) is 0.750. The molecule has 0 aromatic heterocycles. The summed E-state index contributed by atoms with van der Waals surface area (Å²) in [5.41, 5.74) is 0. The highest BCUT2D eigenvalue weighted by atomic mass is 35.6. The number of hydrogen-bond acceptors (Lipinski definition) is 4. The van der Waals surface area contributed by atoms with Crippen LogP contribution in [-0.4, -0.2) is 44.3 Å². The third kappa shape index (κ3) is 2.70. The zero-order valence-electron chi connectivity index (χ0n) is 7.99. The van der Waals surface area contributed by atoms with Gasteiger partial charge in [0, 0.05) is 11.8 Å². The van der Waals surface area contributed by atoms with E-state index in [1.807, 2.05) is 0 Å². The van der Waals surface area contributed by atoms with Crippen molar-refractivity contribution >= 4 is 57.8 Å². The van der Waals surface area contributed by atoms with Gasteiger partial charge in [-0.3, -0.25) is 9.69 Å². The SMILES string of the molecule is O=C1S[C@H]2C[C@@H]1N(C(=O)OCC(Cl)(Cl)Cl)C2. The topological polar surface area (TPSA) is 46.6 Å². The van der Waals surface area contributed by atoms with E-state index in [-0.39, 0.29) is 23.0 Å². The summed E-state index contributed by atoms with van der Waals surface area (Å²) in [5.74, 6) is 0. The Morgan fingerprint density at radius 3 is 2.75 bits per heavy atom. The van der Waals surface area contributed by atoms with Crippen molar-refractivity contribution in [2.75, 3.05) is 13.2 Å². The maximum atomic E-state index is 11.6. The van der Waals surface area contributed by atoms with Gasteiger partial charge >= 0.3 is 6.09 Å². The number of likely N-dealkylation sites (tertiary alicyclic amines) is 1. The monoisotopic (exact) mass is 303 g/mol. The molecule has 0 N–H and O–H groups in total. The maximum absolute atomic E-state index is 11.6. The van der Waals surface area contributed by atoms with Crippen LogP contribution in [0.2, 0.25) is 0 Å². The van der Waals surface area contributed by atoms with Crippen LogP contribution in [0.3, 0.4) is 0 Å². The second kappa shape index (κ2) is 4.44. The third-order valence-electron chi connectivity index (χ3n) is 2.41. The molecule has 2 atom stereocenters. The predicted molar refractivity (Wildman–Crippen MR) is 63.1 cm³/mol. The minimum absolute atomic E-state index is 0.0158. The Labute approximate surface area is 112 Å². The first-order valence-electron chi connectivity index (χ1n) is 4.57. The average Bonchev–Trinajstić information content (AvgIpc) is 2.70. The van der Waals surface area contributed by atoms with E-state index in [0.29, 0.717) is 13.0 Å². The first-order valence-corrected chi connectivity index (χ1v) is 6.59. The highest BCUT2D eigenvalue weighted by Gasteiger charge is 2.48. The van der Waals surface area contributed by atoms with Crippen LogP contribution in [0.15, 0.2) is 0 Å². The quantitative estimate of drug-likeness (QED) is 0.697. The lowest BCUT2D eigenvalue weighted by Gasteiger charge is -2.25. The van der Waals surface area contributed by atoms with E-state index in [4.69, 9.17) is 39.5 Å². The average molecular weight is 305 g/mol. The normalized spacial score (nSPS) is 28.7. The van der Waals surface area contributed by atoms with Crippen LogP contribution in [0.25, 0.3) is 0 Å². The molecule has 0 saturated carbocycles. The number of rotatable bonds is 1. The van der Waals surface area contributed by atoms with E-state index >= 15 is 0 Å². The number of ether oxygens (including phenoxy) is 1. The van der Waals surface area contributed by atoms with Crippen molar-refractivity contribution < 1.29 is 14.3 Å². The molecule has 0 unspecified atom stereocenters. The third-order valence-corrected chi connectivity index (χ3v) is 3.92. The van der Waals surface area contributed by atoms with Crippen molar-refractivity contribution in [3.63, 3.8) is 0 Å². The van der Waals surface area contributed by atoms with Gasteiger partial charge in [-0.2, -0.15) is 0 Å². The number of alkyl halides is 3. The van der Waals surface area contributed by atoms with E-state index in [0.717, 1.165) is 0 Å². The summed E-state index contributed by atoms with van der Waals surface area (Å²) in [7, 11) is 0. The number of nitrogens with zero attached hydrogens (tertiary/aromatic N) is 1. The molecule has 0 spiro atoms.